The van der Waals surface area contributed by atoms with Gasteiger partial charge < -0.3 is 15.8 Å². The van der Waals surface area contributed by atoms with E-state index in [1.807, 2.05) is 6.92 Å². The van der Waals surface area contributed by atoms with Gasteiger partial charge in [-0.3, -0.25) is 4.79 Å². The van der Waals surface area contributed by atoms with E-state index in [0.29, 0.717) is 5.92 Å². The SMILES string of the molecule is CCC(NCC1CCOCC1)C(N)=O. The highest BCUT2D eigenvalue weighted by atomic mass is 16.5. The van der Waals surface area contributed by atoms with Gasteiger partial charge in [-0.1, -0.05) is 6.92 Å². The molecule has 82 valence electrons. The predicted molar refractivity (Wildman–Crippen MR) is 54.8 cm³/mol. The molecule has 1 aliphatic rings. The van der Waals surface area contributed by atoms with Crippen molar-refractivity contribution < 1.29 is 9.53 Å². The Morgan fingerprint density at radius 3 is 2.71 bits per heavy atom. The Balaban J connectivity index is 2.20. The number of nitrogens with one attached hydrogen (secondary N) is 1. The summed E-state index contributed by atoms with van der Waals surface area (Å²) in [6, 6.07) is -0.169. The fraction of sp³-hybridized carbons (Fsp3) is 0.900. The first-order valence-electron chi connectivity index (χ1n) is 5.34. The Kier molecular flexibility index (Phi) is 4.90. The van der Waals surface area contributed by atoms with Crippen molar-refractivity contribution in [3.05, 3.63) is 0 Å². The standard InChI is InChI=1S/C10H20N2O2/c1-2-9(10(11)13)12-7-8-3-5-14-6-4-8/h8-9,12H,2-7H2,1H3,(H2,11,13). The van der Waals surface area contributed by atoms with E-state index in [4.69, 9.17) is 10.5 Å². The van der Waals surface area contributed by atoms with Gasteiger partial charge in [-0.2, -0.15) is 0 Å². The summed E-state index contributed by atoms with van der Waals surface area (Å²) in [5.41, 5.74) is 5.24. The lowest BCUT2D eigenvalue weighted by Gasteiger charge is -2.24. The largest absolute Gasteiger partial charge is 0.381 e. The minimum absolute atomic E-state index is 0.169. The van der Waals surface area contributed by atoms with E-state index in [2.05, 4.69) is 5.32 Å². The summed E-state index contributed by atoms with van der Waals surface area (Å²) in [5, 5.41) is 3.21. The van der Waals surface area contributed by atoms with Crippen molar-refractivity contribution >= 4 is 5.91 Å². The Labute approximate surface area is 85.2 Å². The molecule has 1 atom stereocenters. The van der Waals surface area contributed by atoms with Crippen molar-refractivity contribution in [2.75, 3.05) is 19.8 Å². The number of hydrogen-bond donors (Lipinski definition) is 2. The maximum atomic E-state index is 10.9. The average Bonchev–Trinajstić information content (AvgIpc) is 2.20. The zero-order valence-electron chi connectivity index (χ0n) is 8.79. The first-order chi connectivity index (χ1) is 6.74. The van der Waals surface area contributed by atoms with Crippen LogP contribution in [0.4, 0.5) is 0 Å². The molecule has 0 saturated carbocycles. The lowest BCUT2D eigenvalue weighted by atomic mass is 10.00. The van der Waals surface area contributed by atoms with Crippen LogP contribution in [0.2, 0.25) is 0 Å². The molecule has 0 aliphatic carbocycles. The molecule has 1 amide bonds. The van der Waals surface area contributed by atoms with E-state index in [-0.39, 0.29) is 11.9 Å². The first kappa shape index (κ1) is 11.5. The Morgan fingerprint density at radius 2 is 2.21 bits per heavy atom. The van der Waals surface area contributed by atoms with Crippen molar-refractivity contribution in [2.24, 2.45) is 11.7 Å². The van der Waals surface area contributed by atoms with Gasteiger partial charge in [0.15, 0.2) is 0 Å². The smallest absolute Gasteiger partial charge is 0.234 e. The zero-order chi connectivity index (χ0) is 10.4. The number of carbonyl (C=O) groups is 1. The highest BCUT2D eigenvalue weighted by Crippen LogP contribution is 2.13. The lowest BCUT2D eigenvalue weighted by Crippen LogP contribution is -2.43. The van der Waals surface area contributed by atoms with Crippen LogP contribution in [0.15, 0.2) is 0 Å². The number of nitrogens with two attached hydrogens (primary N) is 1. The van der Waals surface area contributed by atoms with E-state index < -0.39 is 0 Å². The number of hydrogen-bond acceptors (Lipinski definition) is 3. The number of amides is 1. The third kappa shape index (κ3) is 3.64. The van der Waals surface area contributed by atoms with E-state index in [1.165, 1.54) is 0 Å². The van der Waals surface area contributed by atoms with Crippen molar-refractivity contribution in [3.8, 4) is 0 Å². The second kappa shape index (κ2) is 5.98. The highest BCUT2D eigenvalue weighted by Gasteiger charge is 2.17. The number of ether oxygens (including phenoxy) is 1. The summed E-state index contributed by atoms with van der Waals surface area (Å²) >= 11 is 0. The molecule has 0 radical (unpaired) electrons. The third-order valence-electron chi connectivity index (χ3n) is 2.75. The van der Waals surface area contributed by atoms with Gasteiger partial charge in [0.25, 0.3) is 0 Å². The minimum atomic E-state index is -0.250. The quantitative estimate of drug-likeness (QED) is 0.669. The molecule has 4 heteroatoms. The van der Waals surface area contributed by atoms with Crippen LogP contribution in [0.25, 0.3) is 0 Å². The van der Waals surface area contributed by atoms with Crippen LogP contribution < -0.4 is 11.1 Å². The van der Waals surface area contributed by atoms with Gasteiger partial charge in [0.2, 0.25) is 5.91 Å². The molecule has 0 spiro atoms. The summed E-state index contributed by atoms with van der Waals surface area (Å²) in [5.74, 6) is 0.386. The fourth-order valence-electron chi connectivity index (χ4n) is 1.71. The van der Waals surface area contributed by atoms with Gasteiger partial charge in [0.05, 0.1) is 6.04 Å². The molecule has 0 bridgehead atoms. The van der Waals surface area contributed by atoms with Crippen LogP contribution in [-0.4, -0.2) is 31.7 Å². The molecule has 14 heavy (non-hydrogen) atoms. The van der Waals surface area contributed by atoms with Crippen LogP contribution in [0, 0.1) is 5.92 Å². The molecule has 1 heterocycles. The van der Waals surface area contributed by atoms with Crippen molar-refractivity contribution in [2.45, 2.75) is 32.2 Å². The molecule has 0 aromatic carbocycles. The van der Waals surface area contributed by atoms with Gasteiger partial charge in [-0.05, 0) is 31.7 Å². The molecule has 1 aliphatic heterocycles. The Bertz CT molecular complexity index is 179. The van der Waals surface area contributed by atoms with E-state index >= 15 is 0 Å². The van der Waals surface area contributed by atoms with Crippen LogP contribution in [0.5, 0.6) is 0 Å². The van der Waals surface area contributed by atoms with Crippen molar-refractivity contribution in [1.82, 2.24) is 5.32 Å². The normalized spacial score (nSPS) is 20.6. The summed E-state index contributed by atoms with van der Waals surface area (Å²) in [7, 11) is 0. The topological polar surface area (TPSA) is 64.3 Å². The van der Waals surface area contributed by atoms with Gasteiger partial charge in [0.1, 0.15) is 0 Å². The highest BCUT2D eigenvalue weighted by molar-refractivity contribution is 5.79. The lowest BCUT2D eigenvalue weighted by molar-refractivity contribution is -0.120. The van der Waals surface area contributed by atoms with Gasteiger partial charge in [0, 0.05) is 13.2 Å². The van der Waals surface area contributed by atoms with Gasteiger partial charge >= 0.3 is 0 Å². The summed E-state index contributed by atoms with van der Waals surface area (Å²) in [4.78, 5) is 10.9. The van der Waals surface area contributed by atoms with Gasteiger partial charge in [-0.25, -0.2) is 0 Å². The molecule has 3 N–H and O–H groups in total. The number of primary amides is 1. The summed E-state index contributed by atoms with van der Waals surface area (Å²) in [6.07, 6.45) is 2.93. The molecular weight excluding hydrogens is 180 g/mol. The van der Waals surface area contributed by atoms with E-state index in [1.54, 1.807) is 0 Å². The second-order valence-electron chi connectivity index (χ2n) is 3.83. The molecule has 1 fully saturated rings. The molecule has 0 aromatic rings. The fourth-order valence-corrected chi connectivity index (χ4v) is 1.71. The maximum Gasteiger partial charge on any atom is 0.234 e. The van der Waals surface area contributed by atoms with E-state index in [9.17, 15) is 4.79 Å². The van der Waals surface area contributed by atoms with Crippen molar-refractivity contribution in [1.29, 1.82) is 0 Å². The second-order valence-corrected chi connectivity index (χ2v) is 3.83. The molecule has 1 unspecified atom stereocenters. The number of carbonyl (C=O) groups excluding carboxylic acids is 1. The average molecular weight is 200 g/mol. The minimum Gasteiger partial charge on any atom is -0.381 e. The predicted octanol–water partition coefficient (Wildman–Crippen LogP) is 0.267. The molecular formula is C10H20N2O2. The summed E-state index contributed by atoms with van der Waals surface area (Å²) in [6.45, 7) is 4.54. The maximum absolute atomic E-state index is 10.9. The van der Waals surface area contributed by atoms with Crippen LogP contribution >= 0.6 is 0 Å². The van der Waals surface area contributed by atoms with Crippen LogP contribution in [0.1, 0.15) is 26.2 Å². The molecule has 0 aromatic heterocycles. The molecule has 4 nitrogen and oxygen atoms in total. The molecule has 1 saturated heterocycles. The zero-order valence-corrected chi connectivity index (χ0v) is 8.79. The first-order valence-corrected chi connectivity index (χ1v) is 5.34. The third-order valence-corrected chi connectivity index (χ3v) is 2.75. The van der Waals surface area contributed by atoms with Gasteiger partial charge in [-0.15, -0.1) is 0 Å². The van der Waals surface area contributed by atoms with Crippen LogP contribution in [0.3, 0.4) is 0 Å². The van der Waals surface area contributed by atoms with Crippen LogP contribution in [-0.2, 0) is 9.53 Å². The molecule has 1 rings (SSSR count). The summed E-state index contributed by atoms with van der Waals surface area (Å²) < 4.78 is 5.26. The van der Waals surface area contributed by atoms with Crippen molar-refractivity contribution in [3.63, 3.8) is 0 Å². The Morgan fingerprint density at radius 1 is 1.57 bits per heavy atom. The Hall–Kier alpha value is -0.610. The number of rotatable bonds is 5. The monoisotopic (exact) mass is 200 g/mol. The van der Waals surface area contributed by atoms with E-state index in [0.717, 1.165) is 39.0 Å².